The monoisotopic (exact) mass is 690 g/mol. The van der Waals surface area contributed by atoms with Gasteiger partial charge in [0.1, 0.15) is 22.0 Å². The molecule has 0 aliphatic rings. The van der Waals surface area contributed by atoms with E-state index in [2.05, 4.69) is 0 Å². The average molecular weight is 691 g/mol. The molecule has 0 amide bonds. The molecule has 4 nitrogen and oxygen atoms in total. The van der Waals surface area contributed by atoms with Gasteiger partial charge in [-0.25, -0.2) is 52.3 Å². The van der Waals surface area contributed by atoms with Crippen LogP contribution in [0.1, 0.15) is 32.8 Å². The van der Waals surface area contributed by atoms with Gasteiger partial charge in [-0.1, -0.05) is 48.6 Å². The van der Waals surface area contributed by atoms with Crippen LogP contribution in [0.15, 0.2) is 60.7 Å². The molecule has 4 rings (SSSR count). The van der Waals surface area contributed by atoms with Crippen LogP contribution in [0.25, 0.3) is 12.2 Å². The minimum Gasteiger partial charge on any atom is -0.497 e. The molecule has 0 aromatic heterocycles. The number of hydrogen-bond donors (Lipinski definition) is 0. The smallest absolute Gasteiger partial charge is 0.200 e. The molecule has 0 N–H and O–H groups in total. The lowest BCUT2D eigenvalue weighted by atomic mass is 10.1. The Morgan fingerprint density at radius 2 is 0.723 bits per heavy atom. The SMILES string of the molecule is COc1ccc(C(C=Cc2c(F)c(F)c(F)c(F)c2F)S(=O)(=O)C(/C=C/c2c(F)c(F)c(F)c(F)c2F)c2ccc(OC)cc2)cc1. The van der Waals surface area contributed by atoms with Crippen molar-refractivity contribution in [2.45, 2.75) is 10.5 Å². The highest BCUT2D eigenvalue weighted by Gasteiger charge is 2.35. The first-order valence-electron chi connectivity index (χ1n) is 13.1. The number of benzene rings is 4. The van der Waals surface area contributed by atoms with Crippen LogP contribution >= 0.6 is 0 Å². The van der Waals surface area contributed by atoms with Gasteiger partial charge in [-0.2, -0.15) is 0 Å². The molecule has 0 saturated heterocycles. The second-order valence-corrected chi connectivity index (χ2v) is 11.9. The van der Waals surface area contributed by atoms with Crippen molar-refractivity contribution in [3.8, 4) is 11.5 Å². The summed E-state index contributed by atoms with van der Waals surface area (Å²) in [7, 11) is -2.35. The summed E-state index contributed by atoms with van der Waals surface area (Å²) in [4.78, 5) is 0. The van der Waals surface area contributed by atoms with Crippen molar-refractivity contribution in [1.82, 2.24) is 0 Å². The summed E-state index contributed by atoms with van der Waals surface area (Å²) in [5.74, 6) is -22.7. The molecule has 4 aromatic rings. The maximum atomic E-state index is 14.5. The molecule has 47 heavy (non-hydrogen) atoms. The molecule has 0 heterocycles. The Labute approximate surface area is 261 Å². The summed E-state index contributed by atoms with van der Waals surface area (Å²) in [6.45, 7) is 0. The number of methoxy groups -OCH3 is 2. The van der Waals surface area contributed by atoms with E-state index < -0.39 is 89.6 Å². The molecule has 4 aromatic carbocycles. The Morgan fingerprint density at radius 1 is 0.468 bits per heavy atom. The fraction of sp³-hybridized carbons (Fsp3) is 0.125. The van der Waals surface area contributed by atoms with Gasteiger partial charge in [0.25, 0.3) is 0 Å². The summed E-state index contributed by atoms with van der Waals surface area (Å²) in [5, 5.41) is -3.98. The van der Waals surface area contributed by atoms with E-state index in [9.17, 15) is 52.3 Å². The van der Waals surface area contributed by atoms with Crippen LogP contribution in [-0.2, 0) is 9.84 Å². The lowest BCUT2D eigenvalue weighted by molar-refractivity contribution is 0.377. The van der Waals surface area contributed by atoms with Crippen molar-refractivity contribution < 1.29 is 61.8 Å². The Hall–Kier alpha value is -4.79. The van der Waals surface area contributed by atoms with E-state index in [1.807, 2.05) is 0 Å². The predicted octanol–water partition coefficient (Wildman–Crippen LogP) is 8.72. The number of rotatable bonds is 10. The molecule has 2 unspecified atom stereocenters. The first-order valence-corrected chi connectivity index (χ1v) is 14.7. The normalized spacial score (nSPS) is 13.4. The van der Waals surface area contributed by atoms with Crippen LogP contribution in [-0.4, -0.2) is 22.6 Å². The molecule has 0 aliphatic heterocycles. The largest absolute Gasteiger partial charge is 0.497 e. The maximum Gasteiger partial charge on any atom is 0.200 e. The van der Waals surface area contributed by atoms with Crippen LogP contribution in [0.3, 0.4) is 0 Å². The summed E-state index contributed by atoms with van der Waals surface area (Å²) in [5.41, 5.74) is -3.25. The van der Waals surface area contributed by atoms with Crippen LogP contribution < -0.4 is 9.47 Å². The maximum absolute atomic E-state index is 14.5. The van der Waals surface area contributed by atoms with Crippen molar-refractivity contribution in [2.24, 2.45) is 0 Å². The van der Waals surface area contributed by atoms with E-state index in [4.69, 9.17) is 9.47 Å². The van der Waals surface area contributed by atoms with E-state index in [0.29, 0.717) is 24.3 Å². The predicted molar refractivity (Wildman–Crippen MR) is 151 cm³/mol. The number of hydrogen-bond acceptors (Lipinski definition) is 4. The summed E-state index contributed by atoms with van der Waals surface area (Å²) in [6.07, 6.45) is 1.92. The molecule has 0 radical (unpaired) electrons. The van der Waals surface area contributed by atoms with Gasteiger partial charge in [-0.3, -0.25) is 0 Å². The van der Waals surface area contributed by atoms with Gasteiger partial charge in [0.05, 0.1) is 25.3 Å². The van der Waals surface area contributed by atoms with Crippen LogP contribution in [0, 0.1) is 58.2 Å². The van der Waals surface area contributed by atoms with Crippen molar-refractivity contribution in [1.29, 1.82) is 0 Å². The highest BCUT2D eigenvalue weighted by Crippen LogP contribution is 2.39. The molecule has 0 aliphatic carbocycles. The zero-order valence-electron chi connectivity index (χ0n) is 23.9. The minimum atomic E-state index is -4.93. The van der Waals surface area contributed by atoms with Gasteiger partial charge < -0.3 is 9.47 Å². The van der Waals surface area contributed by atoms with Crippen molar-refractivity contribution in [3.05, 3.63) is 141 Å². The number of halogens is 10. The Bertz CT molecular complexity index is 1780. The molecule has 15 heteroatoms. The fourth-order valence-electron chi connectivity index (χ4n) is 4.47. The summed E-state index contributed by atoms with van der Waals surface area (Å²) < 4.78 is 180. The lowest BCUT2D eigenvalue weighted by Crippen LogP contribution is -2.19. The highest BCUT2D eigenvalue weighted by molar-refractivity contribution is 7.92. The van der Waals surface area contributed by atoms with Crippen LogP contribution in [0.5, 0.6) is 11.5 Å². The quantitative estimate of drug-likeness (QED) is 0.0950. The molecular formula is C32H20F10O4S. The Kier molecular flexibility index (Phi) is 10.4. The second-order valence-electron chi connectivity index (χ2n) is 9.66. The van der Waals surface area contributed by atoms with E-state index in [-0.39, 0.29) is 22.6 Å². The van der Waals surface area contributed by atoms with E-state index in [1.54, 1.807) is 0 Å². The van der Waals surface area contributed by atoms with E-state index in [1.165, 1.54) is 62.8 Å². The molecule has 0 fully saturated rings. The third-order valence-corrected chi connectivity index (χ3v) is 9.23. The first-order chi connectivity index (χ1) is 22.1. The molecule has 0 bridgehead atoms. The molecule has 0 spiro atoms. The third kappa shape index (κ3) is 6.70. The summed E-state index contributed by atoms with van der Waals surface area (Å²) in [6, 6.07) is 9.94. The first kappa shape index (κ1) is 35.1. The molecular weight excluding hydrogens is 670 g/mol. The van der Waals surface area contributed by atoms with Crippen molar-refractivity contribution in [2.75, 3.05) is 14.2 Å². The number of ether oxygens (including phenoxy) is 2. The molecule has 248 valence electrons. The number of sulfone groups is 1. The van der Waals surface area contributed by atoms with Crippen LogP contribution in [0.2, 0.25) is 0 Å². The van der Waals surface area contributed by atoms with Gasteiger partial charge in [-0.05, 0) is 35.4 Å². The standard InChI is InChI=1S/C32H20F10O4S/c1-45-17-7-3-15(4-8-17)21(13-11-19-23(33)27(37)31(41)28(38)24(19)34)47(43,44)22(16-5-9-18(46-2)10-6-16)14-12-20-25(35)29(39)32(42)30(40)26(20)36/h3-14,21-22H,1-2H3/b13-11+,14-12?. The van der Waals surface area contributed by atoms with Gasteiger partial charge in [-0.15, -0.1) is 0 Å². The van der Waals surface area contributed by atoms with Gasteiger partial charge >= 0.3 is 0 Å². The highest BCUT2D eigenvalue weighted by atomic mass is 32.2. The summed E-state index contributed by atoms with van der Waals surface area (Å²) >= 11 is 0. The van der Waals surface area contributed by atoms with Crippen molar-refractivity contribution >= 4 is 22.0 Å². The van der Waals surface area contributed by atoms with Gasteiger partial charge in [0, 0.05) is 0 Å². The Balaban J connectivity index is 1.97. The van der Waals surface area contributed by atoms with Crippen molar-refractivity contribution in [3.63, 3.8) is 0 Å². The third-order valence-electron chi connectivity index (χ3n) is 6.96. The zero-order valence-corrected chi connectivity index (χ0v) is 24.7. The second kappa shape index (κ2) is 13.9. The average Bonchev–Trinajstić information content (AvgIpc) is 3.07. The fourth-order valence-corrected chi connectivity index (χ4v) is 6.45. The molecule has 0 saturated carbocycles. The molecule has 2 atom stereocenters. The van der Waals surface area contributed by atoms with Gasteiger partial charge in [0.2, 0.25) is 11.6 Å². The topological polar surface area (TPSA) is 52.6 Å². The van der Waals surface area contributed by atoms with Gasteiger partial charge in [0.15, 0.2) is 56.4 Å². The Morgan fingerprint density at radius 3 is 0.979 bits per heavy atom. The van der Waals surface area contributed by atoms with E-state index >= 15 is 0 Å². The van der Waals surface area contributed by atoms with Crippen LogP contribution in [0.4, 0.5) is 43.9 Å². The minimum absolute atomic E-state index is 0.144. The van der Waals surface area contributed by atoms with E-state index in [0.717, 1.165) is 0 Å². The lowest BCUT2D eigenvalue weighted by Gasteiger charge is -2.22. The zero-order chi connectivity index (χ0) is 34.8.